The van der Waals surface area contributed by atoms with Crippen molar-refractivity contribution in [3.8, 4) is 5.75 Å². The first kappa shape index (κ1) is 16.7. The largest absolute Gasteiger partial charge is 0.508 e. The van der Waals surface area contributed by atoms with Gasteiger partial charge in [-0.25, -0.2) is 0 Å². The van der Waals surface area contributed by atoms with Gasteiger partial charge in [-0.15, -0.1) is 0 Å². The Morgan fingerprint density at radius 3 is 2.29 bits per heavy atom. The van der Waals surface area contributed by atoms with Crippen LogP contribution in [0.4, 0.5) is 0 Å². The molecule has 0 aliphatic heterocycles. The Hall–Kier alpha value is -2.34. The molecule has 0 saturated heterocycles. The summed E-state index contributed by atoms with van der Waals surface area (Å²) in [5.74, 6) is -1.25. The number of benzene rings is 1. The quantitative estimate of drug-likeness (QED) is 0.729. The summed E-state index contributed by atoms with van der Waals surface area (Å²) < 4.78 is 0. The number of carboxylic acids is 1. The van der Waals surface area contributed by atoms with E-state index in [0.29, 0.717) is 13.1 Å². The number of amides is 1. The summed E-state index contributed by atoms with van der Waals surface area (Å²) in [6.07, 6.45) is 2.93. The molecule has 0 unspecified atom stereocenters. The van der Waals surface area contributed by atoms with Gasteiger partial charge in [0.2, 0.25) is 5.91 Å². The monoisotopic (exact) mass is 292 g/mol. The van der Waals surface area contributed by atoms with Crippen molar-refractivity contribution in [2.45, 2.75) is 0 Å². The van der Waals surface area contributed by atoms with Crippen LogP contribution in [0.25, 0.3) is 6.08 Å². The van der Waals surface area contributed by atoms with Gasteiger partial charge in [-0.2, -0.15) is 0 Å². The highest BCUT2D eigenvalue weighted by molar-refractivity contribution is 5.93. The fraction of sp³-hybridized carbons (Fsp3) is 0.333. The first-order valence-electron chi connectivity index (χ1n) is 6.51. The van der Waals surface area contributed by atoms with Gasteiger partial charge in [0.15, 0.2) is 0 Å². The van der Waals surface area contributed by atoms with Gasteiger partial charge in [0.1, 0.15) is 12.3 Å². The molecule has 0 spiro atoms. The molecular formula is C15H20N2O4. The molecule has 0 atom stereocenters. The molecule has 1 aromatic rings. The average Bonchev–Trinajstić information content (AvgIpc) is 2.42. The summed E-state index contributed by atoms with van der Waals surface area (Å²) in [6, 6.07) is 6.37. The molecular weight excluding hydrogens is 272 g/mol. The van der Waals surface area contributed by atoms with Crippen molar-refractivity contribution in [2.24, 2.45) is 0 Å². The van der Waals surface area contributed by atoms with Crippen molar-refractivity contribution < 1.29 is 19.8 Å². The van der Waals surface area contributed by atoms with Crippen LogP contribution in [0, 0.1) is 0 Å². The minimum absolute atomic E-state index is 0.150. The van der Waals surface area contributed by atoms with Crippen LogP contribution >= 0.6 is 0 Å². The minimum atomic E-state index is -1.04. The SMILES string of the molecule is CN(C)CCN(CC(=O)O)C(=O)/C=C/c1ccc(O)cc1. The van der Waals surface area contributed by atoms with Gasteiger partial charge in [-0.05, 0) is 37.9 Å². The number of rotatable bonds is 7. The van der Waals surface area contributed by atoms with Gasteiger partial charge in [-0.3, -0.25) is 9.59 Å². The smallest absolute Gasteiger partial charge is 0.323 e. The first-order valence-corrected chi connectivity index (χ1v) is 6.51. The van der Waals surface area contributed by atoms with E-state index in [-0.39, 0.29) is 18.2 Å². The van der Waals surface area contributed by atoms with E-state index in [0.717, 1.165) is 5.56 Å². The van der Waals surface area contributed by atoms with Crippen molar-refractivity contribution in [1.29, 1.82) is 0 Å². The number of nitrogens with zero attached hydrogens (tertiary/aromatic N) is 2. The molecule has 1 amide bonds. The van der Waals surface area contributed by atoms with Gasteiger partial charge < -0.3 is 20.0 Å². The fourth-order valence-electron chi connectivity index (χ4n) is 1.61. The van der Waals surface area contributed by atoms with Crippen molar-refractivity contribution >= 4 is 18.0 Å². The summed E-state index contributed by atoms with van der Waals surface area (Å²) in [7, 11) is 3.71. The van der Waals surface area contributed by atoms with Crippen LogP contribution in [-0.2, 0) is 9.59 Å². The van der Waals surface area contributed by atoms with E-state index >= 15 is 0 Å². The molecule has 0 aliphatic carbocycles. The molecule has 0 bridgehead atoms. The third-order valence-electron chi connectivity index (χ3n) is 2.77. The molecule has 1 aromatic carbocycles. The maximum absolute atomic E-state index is 12.0. The molecule has 114 valence electrons. The number of likely N-dealkylation sites (N-methyl/N-ethyl adjacent to an activating group) is 1. The van der Waals surface area contributed by atoms with Crippen LogP contribution in [0.5, 0.6) is 5.75 Å². The summed E-state index contributed by atoms with van der Waals surface area (Å²) >= 11 is 0. The van der Waals surface area contributed by atoms with Crippen LogP contribution in [0.3, 0.4) is 0 Å². The van der Waals surface area contributed by atoms with E-state index in [1.54, 1.807) is 18.2 Å². The van der Waals surface area contributed by atoms with Gasteiger partial charge in [0.25, 0.3) is 0 Å². The molecule has 2 N–H and O–H groups in total. The molecule has 0 heterocycles. The van der Waals surface area contributed by atoms with Crippen LogP contribution < -0.4 is 0 Å². The Balaban J connectivity index is 2.70. The van der Waals surface area contributed by atoms with E-state index in [4.69, 9.17) is 5.11 Å². The predicted molar refractivity (Wildman–Crippen MR) is 79.9 cm³/mol. The maximum atomic E-state index is 12.0. The van der Waals surface area contributed by atoms with E-state index in [1.165, 1.54) is 23.1 Å². The Kier molecular flexibility index (Phi) is 6.42. The summed E-state index contributed by atoms with van der Waals surface area (Å²) in [5, 5.41) is 18.0. The van der Waals surface area contributed by atoms with Crippen molar-refractivity contribution in [2.75, 3.05) is 33.7 Å². The average molecular weight is 292 g/mol. The summed E-state index contributed by atoms with van der Waals surface area (Å²) in [4.78, 5) is 26.0. The highest BCUT2D eigenvalue weighted by Gasteiger charge is 2.14. The lowest BCUT2D eigenvalue weighted by molar-refractivity contribution is -0.142. The lowest BCUT2D eigenvalue weighted by Gasteiger charge is -2.21. The van der Waals surface area contributed by atoms with Gasteiger partial charge in [-0.1, -0.05) is 12.1 Å². The van der Waals surface area contributed by atoms with Gasteiger partial charge in [0, 0.05) is 19.2 Å². The lowest BCUT2D eigenvalue weighted by atomic mass is 10.2. The molecule has 0 radical (unpaired) electrons. The highest BCUT2D eigenvalue weighted by Crippen LogP contribution is 2.10. The molecule has 0 fully saturated rings. The van der Waals surface area contributed by atoms with Gasteiger partial charge >= 0.3 is 5.97 Å². The Morgan fingerprint density at radius 2 is 1.76 bits per heavy atom. The fourth-order valence-corrected chi connectivity index (χ4v) is 1.61. The van der Waals surface area contributed by atoms with E-state index < -0.39 is 5.97 Å². The number of carbonyl (C=O) groups is 2. The number of hydrogen-bond acceptors (Lipinski definition) is 4. The number of phenolic OH excluding ortho intramolecular Hbond substituents is 1. The summed E-state index contributed by atoms with van der Waals surface area (Å²) in [6.45, 7) is 0.608. The number of aliphatic carboxylic acids is 1. The Bertz CT molecular complexity index is 509. The first-order chi connectivity index (χ1) is 9.88. The predicted octanol–water partition coefficient (Wildman–Crippen LogP) is 0.880. The highest BCUT2D eigenvalue weighted by atomic mass is 16.4. The molecule has 6 heteroatoms. The minimum Gasteiger partial charge on any atom is -0.508 e. The zero-order valence-electron chi connectivity index (χ0n) is 12.2. The van der Waals surface area contributed by atoms with Crippen LogP contribution in [0.2, 0.25) is 0 Å². The molecule has 21 heavy (non-hydrogen) atoms. The van der Waals surface area contributed by atoms with E-state index in [2.05, 4.69) is 0 Å². The van der Waals surface area contributed by atoms with E-state index in [9.17, 15) is 14.7 Å². The molecule has 0 saturated carbocycles. The second-order valence-corrected chi connectivity index (χ2v) is 4.88. The van der Waals surface area contributed by atoms with Crippen molar-refractivity contribution in [3.63, 3.8) is 0 Å². The molecule has 1 rings (SSSR count). The Morgan fingerprint density at radius 1 is 1.14 bits per heavy atom. The second kappa shape index (κ2) is 8.06. The lowest BCUT2D eigenvalue weighted by Crippen LogP contribution is -2.39. The zero-order valence-corrected chi connectivity index (χ0v) is 12.2. The zero-order chi connectivity index (χ0) is 15.8. The normalized spacial score (nSPS) is 11.0. The number of hydrogen-bond donors (Lipinski definition) is 2. The maximum Gasteiger partial charge on any atom is 0.323 e. The number of carboxylic acid groups (broad SMARTS) is 1. The van der Waals surface area contributed by atoms with Crippen molar-refractivity contribution in [3.05, 3.63) is 35.9 Å². The third kappa shape index (κ3) is 6.58. The topological polar surface area (TPSA) is 81.1 Å². The molecule has 0 aromatic heterocycles. The summed E-state index contributed by atoms with van der Waals surface area (Å²) in [5.41, 5.74) is 0.754. The van der Waals surface area contributed by atoms with Gasteiger partial charge in [0.05, 0.1) is 0 Å². The van der Waals surface area contributed by atoms with E-state index in [1.807, 2.05) is 19.0 Å². The second-order valence-electron chi connectivity index (χ2n) is 4.88. The number of aromatic hydroxyl groups is 1. The van der Waals surface area contributed by atoms with Crippen LogP contribution in [0.15, 0.2) is 30.3 Å². The van der Waals surface area contributed by atoms with Crippen LogP contribution in [0.1, 0.15) is 5.56 Å². The Labute approximate surface area is 123 Å². The van der Waals surface area contributed by atoms with Crippen molar-refractivity contribution in [1.82, 2.24) is 9.80 Å². The third-order valence-corrected chi connectivity index (χ3v) is 2.77. The number of phenols is 1. The molecule has 6 nitrogen and oxygen atoms in total. The molecule has 0 aliphatic rings. The standard InChI is InChI=1S/C15H20N2O4/c1-16(2)9-10-17(11-15(20)21)14(19)8-5-12-3-6-13(18)7-4-12/h3-8,18H,9-11H2,1-2H3,(H,20,21)/b8-5+. The number of carbonyl (C=O) groups excluding carboxylic acids is 1. The van der Waals surface area contributed by atoms with Crippen LogP contribution in [-0.4, -0.2) is 65.6 Å².